The van der Waals surface area contributed by atoms with Crippen molar-refractivity contribution in [2.75, 3.05) is 13.1 Å². The summed E-state index contributed by atoms with van der Waals surface area (Å²) in [5, 5.41) is 12.7. The van der Waals surface area contributed by atoms with E-state index in [1.165, 1.54) is 16.1 Å². The number of nitrogens with zero attached hydrogens (tertiary/aromatic N) is 2. The molecule has 1 amide bonds. The van der Waals surface area contributed by atoms with E-state index in [0.717, 1.165) is 50.2 Å². The van der Waals surface area contributed by atoms with Crippen molar-refractivity contribution in [3.63, 3.8) is 0 Å². The number of hydrogen-bond acceptors (Lipinski definition) is 4. The summed E-state index contributed by atoms with van der Waals surface area (Å²) in [6.45, 7) is 8.41. The lowest BCUT2D eigenvalue weighted by molar-refractivity contribution is -0.143. The van der Waals surface area contributed by atoms with E-state index in [1.807, 2.05) is 29.2 Å². The molecule has 1 aromatic heterocycles. The summed E-state index contributed by atoms with van der Waals surface area (Å²) in [5.41, 5.74) is 2.41. The molecule has 6 atom stereocenters. The van der Waals surface area contributed by atoms with Crippen molar-refractivity contribution in [2.45, 2.75) is 64.9 Å². The quantitative estimate of drug-likeness (QED) is 0.723. The average molecular weight is 439 g/mol. The van der Waals surface area contributed by atoms with Crippen LogP contribution in [0.4, 0.5) is 0 Å². The third-order valence-corrected chi connectivity index (χ3v) is 9.51. The molecular weight excluding hydrogens is 404 g/mol. The molecule has 1 saturated heterocycles. The van der Waals surface area contributed by atoms with Gasteiger partial charge < -0.3 is 10.0 Å². The van der Waals surface area contributed by atoms with Crippen LogP contribution in [0.2, 0.25) is 0 Å². The minimum absolute atomic E-state index is 0.0439. The second kappa shape index (κ2) is 8.00. The monoisotopic (exact) mass is 438 g/mol. The number of carbonyl (C=O) groups is 1. The lowest BCUT2D eigenvalue weighted by Crippen LogP contribution is -2.53. The molecule has 0 spiro atoms. The zero-order valence-corrected chi connectivity index (χ0v) is 19.7. The molecule has 5 rings (SSSR count). The van der Waals surface area contributed by atoms with E-state index in [0.29, 0.717) is 0 Å². The summed E-state index contributed by atoms with van der Waals surface area (Å²) in [5.74, 6) is 0.533. The maximum absolute atomic E-state index is 13.1. The molecule has 3 aliphatic rings. The summed E-state index contributed by atoms with van der Waals surface area (Å²) in [6, 6.07) is 10.4. The van der Waals surface area contributed by atoms with E-state index in [1.54, 1.807) is 0 Å². The van der Waals surface area contributed by atoms with Crippen molar-refractivity contribution in [2.24, 2.45) is 23.2 Å². The van der Waals surface area contributed by atoms with E-state index in [9.17, 15) is 9.90 Å². The lowest BCUT2D eigenvalue weighted by Gasteiger charge is -2.53. The molecule has 2 aromatic rings. The molecule has 0 unspecified atom stereocenters. The maximum Gasteiger partial charge on any atom is 0.225 e. The Morgan fingerprint density at radius 1 is 1.26 bits per heavy atom. The van der Waals surface area contributed by atoms with Crippen LogP contribution in [-0.2, 0) is 11.2 Å². The number of fused-ring (bicyclic) bond motifs is 2. The van der Waals surface area contributed by atoms with E-state index in [2.05, 4.69) is 38.1 Å². The van der Waals surface area contributed by atoms with E-state index in [-0.39, 0.29) is 35.0 Å². The number of aliphatic hydroxyl groups is 1. The van der Waals surface area contributed by atoms with Crippen LogP contribution >= 0.6 is 11.3 Å². The SMILES string of the molecule is C[C@H](C(=O)N1CCCC1)[C@@H]1CC[C@@]2(C)Cc3sc(-c4ccccc4)nc3[C@@H](C)[C@@H]2[C@H]1O. The first kappa shape index (κ1) is 21.1. The first-order chi connectivity index (χ1) is 14.9. The Kier molecular flexibility index (Phi) is 5.46. The fourth-order valence-electron chi connectivity index (χ4n) is 6.66. The molecular formula is C26H34N2O2S. The standard InChI is InChI=1S/C26H34N2O2S/c1-16(25(30)28-13-7-8-14-28)19-11-12-26(3)15-20-22(17(2)21(26)23(19)29)27-24(31-20)18-9-5-4-6-10-18/h4-6,9-10,16-17,19,21,23,29H,7-8,11-15H2,1-3H3/t16-,17-,19-,21+,23-,26-/m0/s1. The van der Waals surface area contributed by atoms with Gasteiger partial charge in [-0.3, -0.25) is 4.79 Å². The second-order valence-electron chi connectivity index (χ2n) is 10.4. The van der Waals surface area contributed by atoms with Crippen molar-refractivity contribution in [1.82, 2.24) is 9.88 Å². The van der Waals surface area contributed by atoms with Crippen LogP contribution < -0.4 is 0 Å². The minimum atomic E-state index is -0.453. The highest BCUT2D eigenvalue weighted by Gasteiger charge is 2.54. The normalized spacial score (nSPS) is 33.6. The third kappa shape index (κ3) is 3.54. The topological polar surface area (TPSA) is 53.4 Å². The Balaban J connectivity index is 1.42. The number of likely N-dealkylation sites (tertiary alicyclic amines) is 1. The molecule has 2 fully saturated rings. The van der Waals surface area contributed by atoms with Crippen LogP contribution in [0.5, 0.6) is 0 Å². The molecule has 4 nitrogen and oxygen atoms in total. The van der Waals surface area contributed by atoms with Gasteiger partial charge >= 0.3 is 0 Å². The van der Waals surface area contributed by atoms with Crippen LogP contribution in [-0.4, -0.2) is 40.1 Å². The predicted molar refractivity (Wildman–Crippen MR) is 125 cm³/mol. The van der Waals surface area contributed by atoms with Crippen molar-refractivity contribution in [3.05, 3.63) is 40.9 Å². The Morgan fingerprint density at radius 3 is 2.68 bits per heavy atom. The zero-order chi connectivity index (χ0) is 21.8. The molecule has 0 bridgehead atoms. The van der Waals surface area contributed by atoms with E-state index in [4.69, 9.17) is 4.98 Å². The van der Waals surface area contributed by atoms with Gasteiger partial charge in [-0.2, -0.15) is 0 Å². The number of rotatable bonds is 3. The fourth-order valence-corrected chi connectivity index (χ4v) is 8.03. The molecule has 2 heterocycles. The van der Waals surface area contributed by atoms with Crippen molar-refractivity contribution in [3.8, 4) is 10.6 Å². The summed E-state index contributed by atoms with van der Waals surface area (Å²) < 4.78 is 0. The second-order valence-corrected chi connectivity index (χ2v) is 11.4. The largest absolute Gasteiger partial charge is 0.392 e. The predicted octanol–water partition coefficient (Wildman–Crippen LogP) is 5.12. The van der Waals surface area contributed by atoms with Crippen LogP contribution in [0, 0.1) is 23.2 Å². The number of amides is 1. The van der Waals surface area contributed by atoms with Crippen LogP contribution in [0.25, 0.3) is 10.6 Å². The highest BCUT2D eigenvalue weighted by Crippen LogP contribution is 2.57. The van der Waals surface area contributed by atoms with Gasteiger partial charge in [-0.1, -0.05) is 51.1 Å². The number of benzene rings is 1. The molecule has 5 heteroatoms. The fraction of sp³-hybridized carbons (Fsp3) is 0.615. The molecule has 1 N–H and O–H groups in total. The summed E-state index contributed by atoms with van der Waals surface area (Å²) in [4.78, 5) is 21.5. The third-order valence-electron chi connectivity index (χ3n) is 8.39. The van der Waals surface area contributed by atoms with Gasteiger partial charge in [0.15, 0.2) is 0 Å². The minimum Gasteiger partial charge on any atom is -0.392 e. The van der Waals surface area contributed by atoms with Crippen LogP contribution in [0.1, 0.15) is 62.9 Å². The number of aromatic nitrogens is 1. The Bertz CT molecular complexity index is 952. The highest BCUT2D eigenvalue weighted by atomic mass is 32.1. The molecule has 31 heavy (non-hydrogen) atoms. The van der Waals surface area contributed by atoms with Gasteiger partial charge in [-0.05, 0) is 49.4 Å². The van der Waals surface area contributed by atoms with Crippen molar-refractivity contribution < 1.29 is 9.90 Å². The molecule has 2 aliphatic carbocycles. The van der Waals surface area contributed by atoms with Gasteiger partial charge in [0.2, 0.25) is 5.91 Å². The summed E-state index contributed by atoms with van der Waals surface area (Å²) in [7, 11) is 0. The van der Waals surface area contributed by atoms with Gasteiger partial charge in [-0.25, -0.2) is 4.98 Å². The smallest absolute Gasteiger partial charge is 0.225 e. The van der Waals surface area contributed by atoms with Crippen LogP contribution in [0.15, 0.2) is 30.3 Å². The highest BCUT2D eigenvalue weighted by molar-refractivity contribution is 7.15. The zero-order valence-electron chi connectivity index (χ0n) is 18.9. The molecule has 1 saturated carbocycles. The first-order valence-electron chi connectivity index (χ1n) is 11.9. The number of aliphatic hydroxyl groups excluding tert-OH is 1. The van der Waals surface area contributed by atoms with Crippen LogP contribution in [0.3, 0.4) is 0 Å². The first-order valence-corrected chi connectivity index (χ1v) is 12.7. The molecule has 166 valence electrons. The van der Waals surface area contributed by atoms with Gasteiger partial charge in [0.05, 0.1) is 11.8 Å². The number of carbonyl (C=O) groups excluding carboxylic acids is 1. The van der Waals surface area contributed by atoms with E-state index < -0.39 is 6.10 Å². The van der Waals surface area contributed by atoms with Gasteiger partial charge in [0.25, 0.3) is 0 Å². The Hall–Kier alpha value is -1.72. The molecule has 0 radical (unpaired) electrons. The summed E-state index contributed by atoms with van der Waals surface area (Å²) >= 11 is 1.82. The Labute approximate surface area is 189 Å². The lowest BCUT2D eigenvalue weighted by atomic mass is 9.53. The molecule has 1 aromatic carbocycles. The van der Waals surface area contributed by atoms with Gasteiger partial charge in [-0.15, -0.1) is 11.3 Å². The molecule has 1 aliphatic heterocycles. The van der Waals surface area contributed by atoms with E-state index >= 15 is 0 Å². The maximum atomic E-state index is 13.1. The Morgan fingerprint density at radius 2 is 1.97 bits per heavy atom. The average Bonchev–Trinajstić information content (AvgIpc) is 3.43. The van der Waals surface area contributed by atoms with Gasteiger partial charge in [0, 0.05) is 35.4 Å². The number of hydrogen-bond donors (Lipinski definition) is 1. The number of thiazole rings is 1. The van der Waals surface area contributed by atoms with Crippen molar-refractivity contribution in [1.29, 1.82) is 0 Å². The summed E-state index contributed by atoms with van der Waals surface area (Å²) in [6.07, 6.45) is 4.76. The van der Waals surface area contributed by atoms with Gasteiger partial charge in [0.1, 0.15) is 5.01 Å². The van der Waals surface area contributed by atoms with Crippen molar-refractivity contribution >= 4 is 17.2 Å².